The number of nitrogens with zero attached hydrogens (tertiary/aromatic N) is 2. The summed E-state index contributed by atoms with van der Waals surface area (Å²) >= 11 is 1.05. The second-order valence-corrected chi connectivity index (χ2v) is 9.98. The van der Waals surface area contributed by atoms with Crippen molar-refractivity contribution in [2.75, 3.05) is 18.9 Å². The lowest BCUT2D eigenvalue weighted by molar-refractivity contribution is -0.133. The maximum atomic E-state index is 12.6. The van der Waals surface area contributed by atoms with Crippen molar-refractivity contribution in [1.29, 1.82) is 0 Å². The van der Waals surface area contributed by atoms with Crippen molar-refractivity contribution in [2.24, 2.45) is 4.58 Å². The third kappa shape index (κ3) is 8.04. The van der Waals surface area contributed by atoms with Crippen LogP contribution < -0.4 is 10.1 Å². The van der Waals surface area contributed by atoms with Crippen molar-refractivity contribution in [3.8, 4) is 5.75 Å². The van der Waals surface area contributed by atoms with E-state index < -0.39 is 0 Å². The van der Waals surface area contributed by atoms with E-state index in [4.69, 9.17) is 4.74 Å². The van der Waals surface area contributed by atoms with E-state index in [2.05, 4.69) is 14.8 Å². The summed E-state index contributed by atoms with van der Waals surface area (Å²) in [6.07, 6.45) is 0.165. The number of nitroso groups, excluding NO2 is 1. The SMILES string of the molecule is CN(Cc1ccc(OC(=O)Cc2ccccc2Nc2ccccc2)cc1)CC(C)(C)SN=O. The molecule has 0 unspecified atom stereocenters. The van der Waals surface area contributed by atoms with E-state index in [0.29, 0.717) is 5.75 Å². The third-order valence-electron chi connectivity index (χ3n) is 4.95. The van der Waals surface area contributed by atoms with Crippen LogP contribution in [0.3, 0.4) is 0 Å². The molecule has 0 aliphatic heterocycles. The van der Waals surface area contributed by atoms with E-state index >= 15 is 0 Å². The molecule has 6 nitrogen and oxygen atoms in total. The Hall–Kier alpha value is -3.16. The van der Waals surface area contributed by atoms with Gasteiger partial charge in [-0.25, -0.2) is 0 Å². The minimum Gasteiger partial charge on any atom is -0.426 e. The van der Waals surface area contributed by atoms with Crippen molar-refractivity contribution >= 4 is 29.3 Å². The van der Waals surface area contributed by atoms with Gasteiger partial charge in [0, 0.05) is 45.7 Å². The number of carbonyl (C=O) groups is 1. The maximum Gasteiger partial charge on any atom is 0.315 e. The highest BCUT2D eigenvalue weighted by molar-refractivity contribution is 7.99. The monoisotopic (exact) mass is 463 g/mol. The number of hydrogen-bond acceptors (Lipinski definition) is 7. The number of nitrogens with one attached hydrogen (secondary N) is 1. The fourth-order valence-corrected chi connectivity index (χ4v) is 4.09. The van der Waals surface area contributed by atoms with Gasteiger partial charge in [0.25, 0.3) is 0 Å². The molecule has 0 amide bonds. The zero-order valence-electron chi connectivity index (χ0n) is 19.2. The van der Waals surface area contributed by atoms with Crippen LogP contribution in [0, 0.1) is 4.91 Å². The molecule has 172 valence electrons. The molecule has 33 heavy (non-hydrogen) atoms. The first-order chi connectivity index (χ1) is 15.8. The molecule has 0 bridgehead atoms. The van der Waals surface area contributed by atoms with Crippen molar-refractivity contribution in [3.63, 3.8) is 0 Å². The van der Waals surface area contributed by atoms with Gasteiger partial charge in [0.15, 0.2) is 0 Å². The maximum absolute atomic E-state index is 12.6. The molecule has 0 saturated heterocycles. The van der Waals surface area contributed by atoms with Gasteiger partial charge in [-0.2, -0.15) is 0 Å². The van der Waals surface area contributed by atoms with Crippen molar-refractivity contribution in [1.82, 2.24) is 4.90 Å². The quantitative estimate of drug-likeness (QED) is 0.158. The minimum atomic E-state index is -0.317. The number of anilines is 2. The van der Waals surface area contributed by atoms with Gasteiger partial charge in [-0.15, -0.1) is 4.91 Å². The van der Waals surface area contributed by atoms with Gasteiger partial charge in [0.2, 0.25) is 0 Å². The first kappa shape index (κ1) is 24.5. The topological polar surface area (TPSA) is 71.0 Å². The highest BCUT2D eigenvalue weighted by Crippen LogP contribution is 2.26. The predicted molar refractivity (Wildman–Crippen MR) is 136 cm³/mol. The molecular weight excluding hydrogens is 434 g/mol. The Morgan fingerprint density at radius 2 is 1.67 bits per heavy atom. The molecule has 0 heterocycles. The summed E-state index contributed by atoms with van der Waals surface area (Å²) in [5.74, 6) is 0.197. The van der Waals surface area contributed by atoms with Crippen LogP contribution in [0.1, 0.15) is 25.0 Å². The van der Waals surface area contributed by atoms with E-state index in [1.54, 1.807) is 0 Å². The largest absolute Gasteiger partial charge is 0.426 e. The first-order valence-electron chi connectivity index (χ1n) is 10.7. The minimum absolute atomic E-state index is 0.165. The fourth-order valence-electron chi connectivity index (χ4n) is 3.61. The van der Waals surface area contributed by atoms with E-state index in [0.717, 1.165) is 47.5 Å². The average molecular weight is 464 g/mol. The number of benzene rings is 3. The molecule has 0 radical (unpaired) electrons. The first-order valence-corrected chi connectivity index (χ1v) is 11.5. The molecule has 0 atom stereocenters. The Kier molecular flexibility index (Phi) is 8.63. The van der Waals surface area contributed by atoms with Gasteiger partial charge >= 0.3 is 5.97 Å². The Morgan fingerprint density at radius 1 is 1.00 bits per heavy atom. The van der Waals surface area contributed by atoms with E-state index in [9.17, 15) is 9.70 Å². The Morgan fingerprint density at radius 3 is 2.36 bits per heavy atom. The van der Waals surface area contributed by atoms with Gasteiger partial charge in [-0.05, 0) is 62.4 Å². The van der Waals surface area contributed by atoms with E-state index in [-0.39, 0.29) is 17.1 Å². The van der Waals surface area contributed by atoms with Crippen molar-refractivity contribution in [3.05, 3.63) is 94.9 Å². The number of ether oxygens (including phenoxy) is 1. The molecule has 0 aromatic heterocycles. The molecule has 3 aromatic rings. The smallest absolute Gasteiger partial charge is 0.315 e. The zero-order valence-corrected chi connectivity index (χ0v) is 20.0. The van der Waals surface area contributed by atoms with Gasteiger partial charge in [0.1, 0.15) is 5.75 Å². The van der Waals surface area contributed by atoms with Gasteiger partial charge in [0.05, 0.1) is 6.42 Å². The lowest BCUT2D eigenvalue weighted by Gasteiger charge is -2.26. The zero-order chi connectivity index (χ0) is 23.7. The second-order valence-electron chi connectivity index (χ2n) is 8.54. The summed E-state index contributed by atoms with van der Waals surface area (Å²) in [7, 11) is 2.00. The number of para-hydroxylation sites is 2. The standard InChI is InChI=1S/C26H29N3O3S/c1-26(2,33-28-31)19-29(3)18-20-13-15-23(16-14-20)32-25(30)17-21-9-7-8-12-24(21)27-22-10-5-4-6-11-22/h4-16,27H,17-19H2,1-3H3. The third-order valence-corrected chi connectivity index (χ3v) is 5.65. The number of hydrogen-bond donors (Lipinski definition) is 1. The van der Waals surface area contributed by atoms with Crippen molar-refractivity contribution in [2.45, 2.75) is 31.6 Å². The van der Waals surface area contributed by atoms with Crippen LogP contribution in [-0.2, 0) is 17.8 Å². The Labute approximate surface area is 199 Å². The van der Waals surface area contributed by atoms with Gasteiger partial charge in [-0.3, -0.25) is 4.79 Å². The van der Waals surface area contributed by atoms with E-state index in [1.807, 2.05) is 99.8 Å². The molecule has 0 saturated carbocycles. The Balaban J connectivity index is 1.56. The molecule has 0 spiro atoms. The van der Waals surface area contributed by atoms with Crippen LogP contribution >= 0.6 is 11.9 Å². The summed E-state index contributed by atoms with van der Waals surface area (Å²) < 4.78 is 8.26. The molecule has 0 fully saturated rings. The lowest BCUT2D eigenvalue weighted by atomic mass is 10.1. The van der Waals surface area contributed by atoms with Crippen LogP contribution in [0.15, 0.2) is 83.4 Å². The molecule has 3 aromatic carbocycles. The normalized spacial score (nSPS) is 11.3. The second kappa shape index (κ2) is 11.6. The predicted octanol–water partition coefficient (Wildman–Crippen LogP) is 6.20. The number of esters is 1. The van der Waals surface area contributed by atoms with Crippen molar-refractivity contribution < 1.29 is 9.53 Å². The van der Waals surface area contributed by atoms with Crippen LogP contribution in [0.5, 0.6) is 5.75 Å². The summed E-state index contributed by atoms with van der Waals surface area (Å²) in [6.45, 7) is 5.42. The van der Waals surface area contributed by atoms with Gasteiger partial charge < -0.3 is 15.0 Å². The Bertz CT molecular complexity index is 1060. The molecule has 1 N–H and O–H groups in total. The fraction of sp³-hybridized carbons (Fsp3) is 0.269. The summed E-state index contributed by atoms with van der Waals surface area (Å²) in [5.41, 5.74) is 3.80. The molecule has 0 aliphatic rings. The van der Waals surface area contributed by atoms with Crippen LogP contribution in [0.4, 0.5) is 11.4 Å². The summed E-state index contributed by atoms with van der Waals surface area (Å²) in [5, 5.41) is 3.35. The number of carbonyl (C=O) groups excluding carboxylic acids is 1. The average Bonchev–Trinajstić information content (AvgIpc) is 2.76. The highest BCUT2D eigenvalue weighted by atomic mass is 32.2. The highest BCUT2D eigenvalue weighted by Gasteiger charge is 2.22. The number of rotatable bonds is 11. The molecular formula is C26H29N3O3S. The van der Waals surface area contributed by atoms with Crippen LogP contribution in [0.25, 0.3) is 0 Å². The van der Waals surface area contributed by atoms with Crippen LogP contribution in [-0.4, -0.2) is 29.2 Å². The molecule has 7 heteroatoms. The van der Waals surface area contributed by atoms with E-state index in [1.165, 1.54) is 0 Å². The molecule has 0 aliphatic carbocycles. The van der Waals surface area contributed by atoms with Gasteiger partial charge in [-0.1, -0.05) is 48.5 Å². The summed E-state index contributed by atoms with van der Waals surface area (Å²) in [4.78, 5) is 25.3. The summed E-state index contributed by atoms with van der Waals surface area (Å²) in [6, 6.07) is 25.1. The lowest BCUT2D eigenvalue weighted by Crippen LogP contribution is -2.33. The molecule has 3 rings (SSSR count). The van der Waals surface area contributed by atoms with Crippen LogP contribution in [0.2, 0.25) is 0 Å².